The number of hydrogen-bond acceptors (Lipinski definition) is 5. The standard InChI is InChI=1S/C21H22FN3O3S3/c1-24-18-10-7-16(29-2)12-19(18)30-21(24)23-20(26)14-4-3-11-25(13-14)31(27,28)17-8-5-15(22)6-9-17/h5-10,12,14H,3-4,11,13H2,1-2H3. The van der Waals surface area contributed by atoms with Crippen LogP contribution in [0, 0.1) is 11.7 Å². The van der Waals surface area contributed by atoms with E-state index in [4.69, 9.17) is 0 Å². The highest BCUT2D eigenvalue weighted by atomic mass is 32.2. The number of halogens is 1. The van der Waals surface area contributed by atoms with E-state index in [1.807, 2.05) is 30.0 Å². The summed E-state index contributed by atoms with van der Waals surface area (Å²) in [5.74, 6) is -1.31. The number of nitrogens with zero attached hydrogens (tertiary/aromatic N) is 3. The number of rotatable bonds is 4. The van der Waals surface area contributed by atoms with Crippen molar-refractivity contribution in [3.63, 3.8) is 0 Å². The molecule has 2 aromatic carbocycles. The molecule has 0 N–H and O–H groups in total. The zero-order valence-electron chi connectivity index (χ0n) is 17.1. The van der Waals surface area contributed by atoms with E-state index in [1.54, 1.807) is 11.8 Å². The van der Waals surface area contributed by atoms with Gasteiger partial charge in [-0.05, 0) is 61.6 Å². The van der Waals surface area contributed by atoms with E-state index < -0.39 is 21.8 Å². The maximum atomic E-state index is 13.2. The molecule has 4 rings (SSSR count). The lowest BCUT2D eigenvalue weighted by Gasteiger charge is -2.30. The monoisotopic (exact) mass is 479 g/mol. The minimum Gasteiger partial charge on any atom is -0.319 e. The molecule has 0 saturated carbocycles. The highest BCUT2D eigenvalue weighted by molar-refractivity contribution is 7.98. The van der Waals surface area contributed by atoms with Gasteiger partial charge in [0, 0.05) is 25.0 Å². The lowest BCUT2D eigenvalue weighted by Crippen LogP contribution is -2.42. The third-order valence-electron chi connectivity index (χ3n) is 5.41. The number of piperidine rings is 1. The number of hydrogen-bond donors (Lipinski definition) is 0. The molecule has 1 atom stereocenters. The van der Waals surface area contributed by atoms with Gasteiger partial charge in [0.15, 0.2) is 4.80 Å². The Balaban J connectivity index is 1.59. The number of amides is 1. The molecule has 1 fully saturated rings. The fourth-order valence-electron chi connectivity index (χ4n) is 3.65. The van der Waals surface area contributed by atoms with Crippen LogP contribution in [0.1, 0.15) is 12.8 Å². The molecular weight excluding hydrogens is 457 g/mol. The van der Waals surface area contributed by atoms with Gasteiger partial charge in [0.05, 0.1) is 21.0 Å². The highest BCUT2D eigenvalue weighted by Crippen LogP contribution is 2.26. The fraction of sp³-hybridized carbons (Fsp3) is 0.333. The molecule has 0 aliphatic carbocycles. The minimum absolute atomic E-state index is 0.0273. The molecule has 3 aromatic rings. The third-order valence-corrected chi connectivity index (χ3v) is 9.11. The number of carbonyl (C=O) groups excluding carboxylic acids is 1. The van der Waals surface area contributed by atoms with Crippen molar-refractivity contribution < 1.29 is 17.6 Å². The predicted octanol–water partition coefficient (Wildman–Crippen LogP) is 3.63. The molecule has 164 valence electrons. The third kappa shape index (κ3) is 4.48. The fourth-order valence-corrected chi connectivity index (χ4v) is 6.75. The van der Waals surface area contributed by atoms with Crippen LogP contribution < -0.4 is 4.80 Å². The first-order chi connectivity index (χ1) is 14.8. The van der Waals surface area contributed by atoms with Crippen molar-refractivity contribution in [2.45, 2.75) is 22.6 Å². The number of thiazole rings is 1. The Kier molecular flexibility index (Phi) is 6.34. The zero-order chi connectivity index (χ0) is 22.2. The van der Waals surface area contributed by atoms with Crippen molar-refractivity contribution in [3.8, 4) is 0 Å². The lowest BCUT2D eigenvalue weighted by atomic mass is 9.99. The minimum atomic E-state index is -3.79. The molecule has 2 heterocycles. The van der Waals surface area contributed by atoms with Gasteiger partial charge in [-0.2, -0.15) is 9.30 Å². The average Bonchev–Trinajstić information content (AvgIpc) is 3.08. The van der Waals surface area contributed by atoms with Gasteiger partial charge in [-0.25, -0.2) is 12.8 Å². The first kappa shape index (κ1) is 22.2. The molecule has 1 amide bonds. The van der Waals surface area contributed by atoms with Crippen molar-refractivity contribution in [2.75, 3.05) is 19.3 Å². The molecule has 1 unspecified atom stereocenters. The van der Waals surface area contributed by atoms with Gasteiger partial charge in [0.2, 0.25) is 10.0 Å². The van der Waals surface area contributed by atoms with Crippen molar-refractivity contribution >= 4 is 49.2 Å². The Morgan fingerprint density at radius 2 is 1.97 bits per heavy atom. The van der Waals surface area contributed by atoms with Gasteiger partial charge in [-0.1, -0.05) is 11.3 Å². The second-order valence-corrected chi connectivity index (χ2v) is 11.2. The SMILES string of the molecule is CSc1ccc2c(c1)sc(=NC(=O)C1CCCN(S(=O)(=O)c3ccc(F)cc3)C1)n2C. The van der Waals surface area contributed by atoms with Crippen LogP contribution in [0.5, 0.6) is 0 Å². The first-order valence-electron chi connectivity index (χ1n) is 9.77. The Labute approximate surface area is 188 Å². The Bertz CT molecular complexity index is 1300. The molecule has 10 heteroatoms. The van der Waals surface area contributed by atoms with E-state index in [0.717, 1.165) is 27.2 Å². The second kappa shape index (κ2) is 8.85. The first-order valence-corrected chi connectivity index (χ1v) is 13.3. The molecule has 1 aliphatic heterocycles. The molecule has 1 aromatic heterocycles. The summed E-state index contributed by atoms with van der Waals surface area (Å²) in [4.78, 5) is 19.0. The summed E-state index contributed by atoms with van der Waals surface area (Å²) in [7, 11) is -1.92. The summed E-state index contributed by atoms with van der Waals surface area (Å²) in [5, 5.41) is 0. The van der Waals surface area contributed by atoms with Gasteiger partial charge in [-0.3, -0.25) is 4.79 Å². The molecule has 31 heavy (non-hydrogen) atoms. The average molecular weight is 480 g/mol. The van der Waals surface area contributed by atoms with Crippen LogP contribution in [-0.4, -0.2) is 42.5 Å². The van der Waals surface area contributed by atoms with Gasteiger partial charge < -0.3 is 4.57 Å². The summed E-state index contributed by atoms with van der Waals surface area (Å²) >= 11 is 3.10. The summed E-state index contributed by atoms with van der Waals surface area (Å²) < 4.78 is 43.2. The van der Waals surface area contributed by atoms with E-state index in [0.29, 0.717) is 24.2 Å². The smallest absolute Gasteiger partial charge is 0.252 e. The van der Waals surface area contributed by atoms with Crippen LogP contribution in [0.2, 0.25) is 0 Å². The van der Waals surface area contributed by atoms with E-state index in [2.05, 4.69) is 11.1 Å². The molecule has 0 bridgehead atoms. The van der Waals surface area contributed by atoms with Crippen LogP contribution in [0.15, 0.2) is 57.2 Å². The predicted molar refractivity (Wildman–Crippen MR) is 121 cm³/mol. The number of fused-ring (bicyclic) bond motifs is 1. The van der Waals surface area contributed by atoms with Crippen LogP contribution in [0.3, 0.4) is 0 Å². The van der Waals surface area contributed by atoms with E-state index >= 15 is 0 Å². The molecule has 1 aliphatic rings. The molecule has 0 radical (unpaired) electrons. The molecular formula is C21H22FN3O3S3. The Hall–Kier alpha value is -2.01. The van der Waals surface area contributed by atoms with E-state index in [-0.39, 0.29) is 17.3 Å². The topological polar surface area (TPSA) is 71.7 Å². The van der Waals surface area contributed by atoms with Crippen LogP contribution in [0.25, 0.3) is 10.2 Å². The number of aryl methyl sites for hydroxylation is 1. The summed E-state index contributed by atoms with van der Waals surface area (Å²) in [5.41, 5.74) is 0.999. The van der Waals surface area contributed by atoms with Crippen molar-refractivity contribution in [2.24, 2.45) is 18.0 Å². The number of carbonyl (C=O) groups is 1. The van der Waals surface area contributed by atoms with E-state index in [9.17, 15) is 17.6 Å². The maximum absolute atomic E-state index is 13.2. The number of benzene rings is 2. The highest BCUT2D eigenvalue weighted by Gasteiger charge is 2.33. The normalized spacial score (nSPS) is 18.5. The largest absolute Gasteiger partial charge is 0.319 e. The zero-order valence-corrected chi connectivity index (χ0v) is 19.6. The number of aromatic nitrogens is 1. The van der Waals surface area contributed by atoms with Gasteiger partial charge >= 0.3 is 0 Å². The summed E-state index contributed by atoms with van der Waals surface area (Å²) in [6.07, 6.45) is 3.17. The number of thioether (sulfide) groups is 1. The van der Waals surface area contributed by atoms with Gasteiger partial charge in [0.25, 0.3) is 5.91 Å². The lowest BCUT2D eigenvalue weighted by molar-refractivity contribution is -0.122. The van der Waals surface area contributed by atoms with Crippen molar-refractivity contribution in [3.05, 3.63) is 53.1 Å². The summed E-state index contributed by atoms with van der Waals surface area (Å²) in [6, 6.07) is 10.9. The maximum Gasteiger partial charge on any atom is 0.252 e. The Morgan fingerprint density at radius 3 is 2.68 bits per heavy atom. The second-order valence-electron chi connectivity index (χ2n) is 7.38. The Morgan fingerprint density at radius 1 is 1.23 bits per heavy atom. The quantitative estimate of drug-likeness (QED) is 0.536. The van der Waals surface area contributed by atoms with Crippen LogP contribution in [0.4, 0.5) is 4.39 Å². The van der Waals surface area contributed by atoms with Gasteiger partial charge in [-0.15, -0.1) is 11.8 Å². The molecule has 1 saturated heterocycles. The molecule has 6 nitrogen and oxygen atoms in total. The summed E-state index contributed by atoms with van der Waals surface area (Å²) in [6.45, 7) is 0.408. The van der Waals surface area contributed by atoms with Gasteiger partial charge in [0.1, 0.15) is 5.82 Å². The van der Waals surface area contributed by atoms with Crippen molar-refractivity contribution in [1.29, 1.82) is 0 Å². The molecule has 0 spiro atoms. The van der Waals surface area contributed by atoms with Crippen LogP contribution >= 0.6 is 23.1 Å². The van der Waals surface area contributed by atoms with E-state index in [1.165, 1.54) is 27.8 Å². The van der Waals surface area contributed by atoms with Crippen molar-refractivity contribution in [1.82, 2.24) is 8.87 Å². The number of sulfonamides is 1. The van der Waals surface area contributed by atoms with Crippen LogP contribution in [-0.2, 0) is 21.9 Å².